The van der Waals surface area contributed by atoms with E-state index in [1.807, 2.05) is 0 Å². The SMILES string of the molecule is CC(C)(CC(F)(F)F)c1ccc(C(N)=O)c(N)c1. The van der Waals surface area contributed by atoms with Crippen molar-refractivity contribution in [1.82, 2.24) is 0 Å². The first-order chi connectivity index (χ1) is 8.03. The van der Waals surface area contributed by atoms with Gasteiger partial charge in [-0.05, 0) is 23.1 Å². The molecule has 0 bridgehead atoms. The minimum absolute atomic E-state index is 0.0928. The van der Waals surface area contributed by atoms with Crippen molar-refractivity contribution < 1.29 is 18.0 Å². The molecule has 0 unspecified atom stereocenters. The van der Waals surface area contributed by atoms with E-state index >= 15 is 0 Å². The summed E-state index contributed by atoms with van der Waals surface area (Å²) in [5.74, 6) is -0.701. The Hall–Kier alpha value is -1.72. The molecule has 1 aromatic carbocycles. The number of primary amides is 1. The largest absolute Gasteiger partial charge is 0.398 e. The highest BCUT2D eigenvalue weighted by Crippen LogP contribution is 2.36. The molecule has 100 valence electrons. The number of rotatable bonds is 3. The average molecular weight is 260 g/mol. The van der Waals surface area contributed by atoms with Crippen LogP contribution in [-0.2, 0) is 5.41 Å². The van der Waals surface area contributed by atoms with Crippen molar-refractivity contribution in [2.75, 3.05) is 5.73 Å². The maximum atomic E-state index is 12.4. The van der Waals surface area contributed by atoms with Gasteiger partial charge in [0.1, 0.15) is 0 Å². The third-order valence-corrected chi connectivity index (χ3v) is 2.74. The van der Waals surface area contributed by atoms with Crippen LogP contribution in [0.5, 0.6) is 0 Å². The number of carbonyl (C=O) groups excluding carboxylic acids is 1. The standard InChI is InChI=1S/C12H15F3N2O/c1-11(2,6-12(13,14)15)7-3-4-8(10(17)18)9(16)5-7/h3-5H,6,16H2,1-2H3,(H2,17,18). The van der Waals surface area contributed by atoms with E-state index in [-0.39, 0.29) is 11.3 Å². The van der Waals surface area contributed by atoms with Crippen molar-refractivity contribution >= 4 is 11.6 Å². The van der Waals surface area contributed by atoms with E-state index < -0.39 is 23.9 Å². The van der Waals surface area contributed by atoms with Crippen molar-refractivity contribution in [2.45, 2.75) is 31.9 Å². The molecule has 0 spiro atoms. The molecule has 0 radical (unpaired) electrons. The number of hydrogen-bond acceptors (Lipinski definition) is 2. The Balaban J connectivity index is 3.11. The second-order valence-corrected chi connectivity index (χ2v) is 4.84. The Morgan fingerprint density at radius 1 is 1.28 bits per heavy atom. The quantitative estimate of drug-likeness (QED) is 0.820. The zero-order chi connectivity index (χ0) is 14.1. The molecule has 0 fully saturated rings. The fourth-order valence-corrected chi connectivity index (χ4v) is 1.81. The Morgan fingerprint density at radius 2 is 1.83 bits per heavy atom. The van der Waals surface area contributed by atoms with Crippen LogP contribution < -0.4 is 11.5 Å². The van der Waals surface area contributed by atoms with Gasteiger partial charge in [0.15, 0.2) is 0 Å². The monoisotopic (exact) mass is 260 g/mol. The fraction of sp³-hybridized carbons (Fsp3) is 0.417. The predicted molar refractivity (Wildman–Crippen MR) is 63.1 cm³/mol. The van der Waals surface area contributed by atoms with Crippen LogP contribution >= 0.6 is 0 Å². The summed E-state index contributed by atoms with van der Waals surface area (Å²) in [5, 5.41) is 0. The topological polar surface area (TPSA) is 69.1 Å². The number of benzene rings is 1. The zero-order valence-electron chi connectivity index (χ0n) is 10.1. The molecule has 0 atom stereocenters. The summed E-state index contributed by atoms with van der Waals surface area (Å²) in [7, 11) is 0. The number of nitrogens with two attached hydrogens (primary N) is 2. The van der Waals surface area contributed by atoms with Gasteiger partial charge in [-0.1, -0.05) is 19.9 Å². The Morgan fingerprint density at radius 3 is 2.22 bits per heavy atom. The third kappa shape index (κ3) is 3.38. The smallest absolute Gasteiger partial charge is 0.389 e. The molecule has 1 amide bonds. The highest BCUT2D eigenvalue weighted by molar-refractivity contribution is 5.98. The molecule has 0 aliphatic heterocycles. The van der Waals surface area contributed by atoms with Gasteiger partial charge in [0.25, 0.3) is 5.91 Å². The second kappa shape index (κ2) is 4.51. The maximum absolute atomic E-state index is 12.4. The molecule has 6 heteroatoms. The zero-order valence-corrected chi connectivity index (χ0v) is 10.1. The molecule has 0 saturated carbocycles. The van der Waals surface area contributed by atoms with Crippen LogP contribution in [-0.4, -0.2) is 12.1 Å². The van der Waals surface area contributed by atoms with E-state index in [4.69, 9.17) is 11.5 Å². The average Bonchev–Trinajstić information content (AvgIpc) is 2.12. The van der Waals surface area contributed by atoms with Crippen molar-refractivity contribution in [2.24, 2.45) is 5.73 Å². The van der Waals surface area contributed by atoms with Crippen molar-refractivity contribution in [3.8, 4) is 0 Å². The van der Waals surface area contributed by atoms with E-state index in [0.29, 0.717) is 5.56 Å². The summed E-state index contributed by atoms with van der Waals surface area (Å²) >= 11 is 0. The summed E-state index contributed by atoms with van der Waals surface area (Å²) < 4.78 is 37.3. The van der Waals surface area contributed by atoms with Gasteiger partial charge in [-0.25, -0.2) is 0 Å². The maximum Gasteiger partial charge on any atom is 0.389 e. The van der Waals surface area contributed by atoms with Crippen LogP contribution in [0.25, 0.3) is 0 Å². The third-order valence-electron chi connectivity index (χ3n) is 2.74. The number of anilines is 1. The normalized spacial score (nSPS) is 12.5. The van der Waals surface area contributed by atoms with Gasteiger partial charge in [0.05, 0.1) is 12.0 Å². The van der Waals surface area contributed by atoms with Crippen molar-refractivity contribution in [3.63, 3.8) is 0 Å². The number of nitrogen functional groups attached to an aromatic ring is 1. The van der Waals surface area contributed by atoms with Crippen LogP contribution in [0.3, 0.4) is 0 Å². The van der Waals surface area contributed by atoms with Crippen LogP contribution in [0.2, 0.25) is 0 Å². The van der Waals surface area contributed by atoms with E-state index in [2.05, 4.69) is 0 Å². The first-order valence-electron chi connectivity index (χ1n) is 5.29. The number of halogens is 3. The first-order valence-corrected chi connectivity index (χ1v) is 5.29. The lowest BCUT2D eigenvalue weighted by Gasteiger charge is -2.27. The summed E-state index contributed by atoms with van der Waals surface area (Å²) in [6, 6.07) is 4.17. The highest BCUT2D eigenvalue weighted by atomic mass is 19.4. The van der Waals surface area contributed by atoms with Crippen LogP contribution in [0.4, 0.5) is 18.9 Å². The van der Waals surface area contributed by atoms with Crippen LogP contribution in [0.15, 0.2) is 18.2 Å². The molecular weight excluding hydrogens is 245 g/mol. The molecule has 0 heterocycles. The molecule has 1 aromatic rings. The summed E-state index contributed by atoms with van der Waals surface area (Å²) in [5.41, 5.74) is 10.2. The lowest BCUT2D eigenvalue weighted by atomic mass is 9.80. The number of carbonyl (C=O) groups is 1. The molecule has 4 N–H and O–H groups in total. The fourth-order valence-electron chi connectivity index (χ4n) is 1.81. The van der Waals surface area contributed by atoms with Crippen molar-refractivity contribution in [3.05, 3.63) is 29.3 Å². The second-order valence-electron chi connectivity index (χ2n) is 4.84. The van der Waals surface area contributed by atoms with E-state index in [9.17, 15) is 18.0 Å². The molecular formula is C12H15F3N2O. The predicted octanol–water partition coefficient (Wildman–Crippen LogP) is 2.60. The number of amides is 1. The minimum atomic E-state index is -4.26. The van der Waals surface area contributed by atoms with E-state index in [0.717, 1.165) is 0 Å². The van der Waals surface area contributed by atoms with Gasteiger partial charge in [-0.3, -0.25) is 4.79 Å². The van der Waals surface area contributed by atoms with Crippen molar-refractivity contribution in [1.29, 1.82) is 0 Å². The number of hydrogen-bond donors (Lipinski definition) is 2. The molecule has 0 aliphatic rings. The minimum Gasteiger partial charge on any atom is -0.398 e. The molecule has 0 aliphatic carbocycles. The van der Waals surface area contributed by atoms with E-state index in [1.54, 1.807) is 0 Å². The van der Waals surface area contributed by atoms with Gasteiger partial charge in [-0.15, -0.1) is 0 Å². The summed E-state index contributed by atoms with van der Waals surface area (Å²) in [4.78, 5) is 11.0. The van der Waals surface area contributed by atoms with Gasteiger partial charge in [-0.2, -0.15) is 13.2 Å². The first kappa shape index (κ1) is 14.3. The molecule has 0 aromatic heterocycles. The summed E-state index contributed by atoms with van der Waals surface area (Å²) in [6.07, 6.45) is -5.23. The molecule has 1 rings (SSSR count). The lowest BCUT2D eigenvalue weighted by Crippen LogP contribution is -2.26. The van der Waals surface area contributed by atoms with E-state index in [1.165, 1.54) is 32.0 Å². The number of alkyl halides is 3. The molecule has 0 saturated heterocycles. The Bertz CT molecular complexity index is 467. The summed E-state index contributed by atoms with van der Waals surface area (Å²) in [6.45, 7) is 2.94. The van der Waals surface area contributed by atoms with Gasteiger partial charge >= 0.3 is 6.18 Å². The highest BCUT2D eigenvalue weighted by Gasteiger charge is 2.37. The Kier molecular flexibility index (Phi) is 3.59. The van der Waals surface area contributed by atoms with Gasteiger partial charge in [0, 0.05) is 5.69 Å². The van der Waals surface area contributed by atoms with Gasteiger partial charge < -0.3 is 11.5 Å². The molecule has 3 nitrogen and oxygen atoms in total. The molecule has 18 heavy (non-hydrogen) atoms. The van der Waals surface area contributed by atoms with Crippen LogP contribution in [0.1, 0.15) is 36.2 Å². The van der Waals surface area contributed by atoms with Gasteiger partial charge in [0.2, 0.25) is 0 Å². The Labute approximate surface area is 103 Å². The lowest BCUT2D eigenvalue weighted by molar-refractivity contribution is -0.145. The van der Waals surface area contributed by atoms with Crippen LogP contribution in [0, 0.1) is 0 Å².